The number of benzene rings is 2. The summed E-state index contributed by atoms with van der Waals surface area (Å²) in [5.41, 5.74) is 0.0825. The van der Waals surface area contributed by atoms with Gasteiger partial charge in [-0.2, -0.15) is 0 Å². The van der Waals surface area contributed by atoms with Gasteiger partial charge in [-0.25, -0.2) is 24.0 Å². The lowest BCUT2D eigenvalue weighted by Gasteiger charge is -2.62. The molecule has 0 bridgehead atoms. The number of esters is 6. The zero-order valence-electron chi connectivity index (χ0n) is 38.9. The van der Waals surface area contributed by atoms with E-state index in [-0.39, 0.29) is 58.7 Å². The number of aliphatic hydroxyl groups excluding tert-OH is 2. The van der Waals surface area contributed by atoms with Crippen molar-refractivity contribution in [3.63, 3.8) is 0 Å². The minimum absolute atomic E-state index is 0.0627. The van der Waals surface area contributed by atoms with E-state index in [0.29, 0.717) is 30.1 Å². The third-order valence-corrected chi connectivity index (χ3v) is 15.7. The summed E-state index contributed by atoms with van der Waals surface area (Å²) in [6, 6.07) is 11.5. The van der Waals surface area contributed by atoms with Gasteiger partial charge in [-0.05, 0) is 147 Å². The van der Waals surface area contributed by atoms with Crippen molar-refractivity contribution in [1.82, 2.24) is 10.6 Å². The Balaban J connectivity index is 0.983. The number of nitrogens with one attached hydrogen (secondary N) is 2. The van der Waals surface area contributed by atoms with Crippen molar-refractivity contribution in [2.75, 3.05) is 6.79 Å². The lowest BCUT2D eigenvalue weighted by atomic mass is 9.43. The Morgan fingerprint density at radius 3 is 1.83 bits per heavy atom. The number of hydrogen-bond acceptors (Lipinski definition) is 13. The summed E-state index contributed by atoms with van der Waals surface area (Å²) in [7, 11) is 0. The largest absolute Gasteiger partial charge is 0.428 e. The molecule has 0 aromatic heterocycles. The van der Waals surface area contributed by atoms with Crippen LogP contribution in [0.15, 0.2) is 60.7 Å². The molecule has 0 spiro atoms. The third-order valence-electron chi connectivity index (χ3n) is 15.7. The van der Waals surface area contributed by atoms with Crippen molar-refractivity contribution in [2.24, 2.45) is 52.3 Å². The fraction of sp³-hybridized carbons (Fsp3) is 0.627. The maximum absolute atomic E-state index is 13.3. The van der Waals surface area contributed by atoms with E-state index in [4.69, 9.17) is 18.9 Å². The average Bonchev–Trinajstić information content (AvgIpc) is 3.66. The van der Waals surface area contributed by atoms with Crippen molar-refractivity contribution in [3.8, 4) is 0 Å². The highest BCUT2D eigenvalue weighted by Gasteiger charge is 2.63. The molecule has 0 saturated heterocycles. The zero-order chi connectivity index (χ0) is 47.8. The van der Waals surface area contributed by atoms with Gasteiger partial charge in [0.05, 0.1) is 23.3 Å². The van der Waals surface area contributed by atoms with Gasteiger partial charge in [-0.1, -0.05) is 71.0 Å². The molecule has 4 saturated carbocycles. The maximum Gasteiger partial charge on any atom is 0.345 e. The number of amides is 2. The molecule has 4 unspecified atom stereocenters. The first-order chi connectivity index (χ1) is 31.4. The van der Waals surface area contributed by atoms with Gasteiger partial charge in [0, 0.05) is 12.8 Å². The van der Waals surface area contributed by atoms with E-state index in [2.05, 4.69) is 31.4 Å². The number of ether oxygens (including phenoxy) is 4. The number of carbonyl (C=O) groups is 7. The molecule has 12 atom stereocenters. The van der Waals surface area contributed by atoms with Crippen LogP contribution in [-0.4, -0.2) is 83.1 Å². The van der Waals surface area contributed by atoms with E-state index in [1.165, 1.54) is 24.3 Å². The molecule has 2 amide bonds. The fourth-order valence-corrected chi connectivity index (χ4v) is 12.2. The van der Waals surface area contributed by atoms with Gasteiger partial charge in [0.1, 0.15) is 12.1 Å². The Hall–Kier alpha value is -5.15. The van der Waals surface area contributed by atoms with Crippen LogP contribution in [0, 0.1) is 52.3 Å². The molecule has 2 aromatic rings. The standard InChI is InChI=1S/C51H68N2O13/c1-30(2)26-41(48(61)66-46(59)33-14-10-7-11-15-33)53-49(62)52-40(47(60)65-45(58)32-12-8-6-9-13-32)21-23-44(57)64-29-63-43(56)22-16-31(3)37-19-20-38-36-18-17-34-27-35(54)24-25-50(34,4)39(36)28-42(55)51(37,38)5/h6-15,30-31,34-42,54-55H,16-29H2,1-5H3,(H2,52,53,62)/t31-,34-,35-,36?,37?,38?,39?,40+,41+,42+,50+,51-/m1/s1. The second-order valence-electron chi connectivity index (χ2n) is 20.1. The number of carbonyl (C=O) groups excluding carboxylic acids is 7. The van der Waals surface area contributed by atoms with Crippen LogP contribution in [-0.2, 0) is 38.1 Å². The predicted molar refractivity (Wildman–Crippen MR) is 240 cm³/mol. The van der Waals surface area contributed by atoms with Crippen LogP contribution in [0.2, 0.25) is 0 Å². The summed E-state index contributed by atoms with van der Waals surface area (Å²) in [5, 5.41) is 27.1. The highest BCUT2D eigenvalue weighted by Crippen LogP contribution is 2.68. The number of aliphatic hydroxyl groups is 2. The first kappa shape index (κ1) is 50.3. The van der Waals surface area contributed by atoms with Crippen LogP contribution >= 0.6 is 0 Å². The van der Waals surface area contributed by atoms with Crippen LogP contribution in [0.5, 0.6) is 0 Å². The highest BCUT2D eigenvalue weighted by atomic mass is 16.7. The molecular formula is C51H68N2O13. The number of hydrogen-bond donors (Lipinski definition) is 4. The minimum Gasteiger partial charge on any atom is -0.428 e. The van der Waals surface area contributed by atoms with E-state index in [0.717, 1.165) is 51.4 Å². The monoisotopic (exact) mass is 916 g/mol. The van der Waals surface area contributed by atoms with E-state index in [1.54, 1.807) is 50.2 Å². The predicted octanol–water partition coefficient (Wildman–Crippen LogP) is 7.07. The first-order valence-corrected chi connectivity index (χ1v) is 23.8. The molecule has 4 N–H and O–H groups in total. The SMILES string of the molecule is CC(C)C[C@H](NC(=O)N[C@@H](CCC(=O)OCOC(=O)CC[C@@H](C)C1CCC2C3CC[C@@H]4C[C@H](O)CC[C@]4(C)C3C[C@H](O)[C@@]21C)C(=O)OC(=O)c1ccccc1)C(=O)OC(=O)c1ccccc1. The Kier molecular flexibility index (Phi) is 16.8. The van der Waals surface area contributed by atoms with Gasteiger partial charge < -0.3 is 39.8 Å². The number of urea groups is 1. The summed E-state index contributed by atoms with van der Waals surface area (Å²) in [6.07, 6.45) is 6.97. The molecule has 0 aliphatic heterocycles. The molecule has 0 radical (unpaired) electrons. The van der Waals surface area contributed by atoms with E-state index in [9.17, 15) is 43.8 Å². The topological polar surface area (TPSA) is 221 Å². The average molecular weight is 917 g/mol. The highest BCUT2D eigenvalue weighted by molar-refractivity contribution is 6.00. The molecule has 0 heterocycles. The second kappa shape index (κ2) is 22.1. The molecular weight excluding hydrogens is 849 g/mol. The molecule has 4 fully saturated rings. The van der Waals surface area contributed by atoms with Crippen molar-refractivity contribution in [1.29, 1.82) is 0 Å². The molecule has 4 aliphatic rings. The number of rotatable bonds is 17. The molecule has 360 valence electrons. The number of fused-ring (bicyclic) bond motifs is 5. The Labute approximate surface area is 387 Å². The summed E-state index contributed by atoms with van der Waals surface area (Å²) in [4.78, 5) is 90.7. The molecule has 15 nitrogen and oxygen atoms in total. The second-order valence-corrected chi connectivity index (χ2v) is 20.1. The van der Waals surface area contributed by atoms with Gasteiger partial charge in [0.2, 0.25) is 6.79 Å². The lowest BCUT2D eigenvalue weighted by Crippen LogP contribution is -2.58. The summed E-state index contributed by atoms with van der Waals surface area (Å²) >= 11 is 0. The van der Waals surface area contributed by atoms with Gasteiger partial charge in [-0.3, -0.25) is 9.59 Å². The van der Waals surface area contributed by atoms with Gasteiger partial charge in [0.15, 0.2) is 0 Å². The Bertz CT molecular complexity index is 2050. The van der Waals surface area contributed by atoms with Crippen LogP contribution in [0.4, 0.5) is 4.79 Å². The summed E-state index contributed by atoms with van der Waals surface area (Å²) < 4.78 is 20.5. The van der Waals surface area contributed by atoms with Crippen molar-refractivity contribution in [3.05, 3.63) is 71.8 Å². The van der Waals surface area contributed by atoms with Gasteiger partial charge in [-0.15, -0.1) is 0 Å². The first-order valence-electron chi connectivity index (χ1n) is 23.8. The van der Waals surface area contributed by atoms with Crippen LogP contribution < -0.4 is 10.6 Å². The lowest BCUT2D eigenvalue weighted by molar-refractivity contribution is -0.175. The maximum atomic E-state index is 13.3. The van der Waals surface area contributed by atoms with Crippen molar-refractivity contribution < 1.29 is 62.7 Å². The Morgan fingerprint density at radius 2 is 1.24 bits per heavy atom. The van der Waals surface area contributed by atoms with E-state index in [1.807, 2.05) is 0 Å². The molecule has 4 aliphatic carbocycles. The summed E-state index contributed by atoms with van der Waals surface area (Å²) in [5.74, 6) is -3.42. The molecule has 15 heteroatoms. The van der Waals surface area contributed by atoms with Crippen molar-refractivity contribution >= 4 is 41.8 Å². The van der Waals surface area contributed by atoms with E-state index >= 15 is 0 Å². The molecule has 6 rings (SSSR count). The van der Waals surface area contributed by atoms with Crippen molar-refractivity contribution in [2.45, 2.75) is 142 Å². The minimum atomic E-state index is -1.58. The van der Waals surface area contributed by atoms with Gasteiger partial charge >= 0.3 is 41.8 Å². The van der Waals surface area contributed by atoms with Crippen LogP contribution in [0.1, 0.15) is 139 Å². The van der Waals surface area contributed by atoms with Gasteiger partial charge in [0.25, 0.3) is 0 Å². The quantitative estimate of drug-likeness (QED) is 0.0541. The third kappa shape index (κ3) is 11.9. The molecule has 2 aromatic carbocycles. The normalized spacial score (nSPS) is 29.1. The molecule has 66 heavy (non-hydrogen) atoms. The fourth-order valence-electron chi connectivity index (χ4n) is 12.2. The Morgan fingerprint density at radius 1 is 0.682 bits per heavy atom. The summed E-state index contributed by atoms with van der Waals surface area (Å²) in [6.45, 7) is 9.70. The van der Waals surface area contributed by atoms with Crippen LogP contribution in [0.25, 0.3) is 0 Å². The van der Waals surface area contributed by atoms with E-state index < -0.39 is 79.7 Å². The smallest absolute Gasteiger partial charge is 0.345 e. The van der Waals surface area contributed by atoms with Crippen LogP contribution in [0.3, 0.4) is 0 Å². The zero-order valence-corrected chi connectivity index (χ0v) is 38.9.